The molecule has 51 valence electrons. The second-order valence-electron chi connectivity index (χ2n) is 2.48. The third-order valence-corrected chi connectivity index (χ3v) is 1.81. The molecule has 1 nitrogen and oxygen atoms in total. The van der Waals surface area contributed by atoms with Crippen molar-refractivity contribution in [1.82, 2.24) is 0 Å². The summed E-state index contributed by atoms with van der Waals surface area (Å²) in [5.41, 5.74) is 1.28. The summed E-state index contributed by atoms with van der Waals surface area (Å²) in [5.74, 6) is 0. The van der Waals surface area contributed by atoms with Crippen molar-refractivity contribution < 1.29 is 4.74 Å². The Bertz CT molecular complexity index is 201. The van der Waals surface area contributed by atoms with Crippen LogP contribution in [-0.4, -0.2) is 6.61 Å². The van der Waals surface area contributed by atoms with Crippen molar-refractivity contribution in [3.63, 3.8) is 0 Å². The SMILES string of the molecule is [c]1ccc(C2CCO2)cc1. The highest BCUT2D eigenvalue weighted by atomic mass is 16.5. The van der Waals surface area contributed by atoms with Gasteiger partial charge in [0.2, 0.25) is 0 Å². The van der Waals surface area contributed by atoms with Crippen LogP contribution in [-0.2, 0) is 4.74 Å². The zero-order valence-electron chi connectivity index (χ0n) is 5.71. The van der Waals surface area contributed by atoms with Crippen LogP contribution in [0.3, 0.4) is 0 Å². The smallest absolute Gasteiger partial charge is 0.0846 e. The predicted molar refractivity (Wildman–Crippen MR) is 38.6 cm³/mol. The van der Waals surface area contributed by atoms with Gasteiger partial charge in [0.1, 0.15) is 0 Å². The van der Waals surface area contributed by atoms with Gasteiger partial charge in [0.25, 0.3) is 0 Å². The average Bonchev–Trinajstić information content (AvgIpc) is 1.86. The van der Waals surface area contributed by atoms with Crippen LogP contribution in [0.4, 0.5) is 0 Å². The van der Waals surface area contributed by atoms with Crippen LogP contribution in [0.5, 0.6) is 0 Å². The second kappa shape index (κ2) is 2.43. The molecule has 0 aromatic heterocycles. The van der Waals surface area contributed by atoms with Gasteiger partial charge < -0.3 is 4.74 Å². The van der Waals surface area contributed by atoms with Crippen LogP contribution in [0, 0.1) is 6.07 Å². The third-order valence-electron chi connectivity index (χ3n) is 1.81. The van der Waals surface area contributed by atoms with Crippen molar-refractivity contribution in [2.45, 2.75) is 12.5 Å². The number of hydrogen-bond acceptors (Lipinski definition) is 1. The molecule has 1 aliphatic rings. The fourth-order valence-electron chi connectivity index (χ4n) is 1.11. The van der Waals surface area contributed by atoms with Crippen molar-refractivity contribution in [2.75, 3.05) is 6.61 Å². The van der Waals surface area contributed by atoms with Crippen LogP contribution in [0.1, 0.15) is 18.1 Å². The Kier molecular flexibility index (Phi) is 1.44. The van der Waals surface area contributed by atoms with Crippen LogP contribution < -0.4 is 0 Å². The monoisotopic (exact) mass is 133 g/mol. The molecule has 1 atom stereocenters. The van der Waals surface area contributed by atoms with Gasteiger partial charge in [-0.05, 0) is 11.6 Å². The molecular formula is C9H9O. The molecule has 1 saturated heterocycles. The minimum absolute atomic E-state index is 0.370. The quantitative estimate of drug-likeness (QED) is 0.569. The highest BCUT2D eigenvalue weighted by molar-refractivity contribution is 5.17. The van der Waals surface area contributed by atoms with E-state index in [-0.39, 0.29) is 0 Å². The Morgan fingerprint density at radius 3 is 2.60 bits per heavy atom. The summed E-state index contributed by atoms with van der Waals surface area (Å²) in [6.45, 7) is 0.920. The molecule has 0 bridgehead atoms. The van der Waals surface area contributed by atoms with E-state index >= 15 is 0 Å². The zero-order valence-corrected chi connectivity index (χ0v) is 5.71. The first-order valence-electron chi connectivity index (χ1n) is 3.54. The molecule has 10 heavy (non-hydrogen) atoms. The summed E-state index contributed by atoms with van der Waals surface area (Å²) in [6.07, 6.45) is 1.54. The summed E-state index contributed by atoms with van der Waals surface area (Å²) in [5, 5.41) is 0. The van der Waals surface area contributed by atoms with Crippen LogP contribution in [0.25, 0.3) is 0 Å². The van der Waals surface area contributed by atoms with E-state index in [9.17, 15) is 0 Å². The highest BCUT2D eigenvalue weighted by Gasteiger charge is 2.18. The number of ether oxygens (including phenoxy) is 1. The first kappa shape index (κ1) is 5.93. The molecule has 0 spiro atoms. The molecule has 1 heteroatoms. The highest BCUT2D eigenvalue weighted by Crippen LogP contribution is 2.28. The zero-order chi connectivity index (χ0) is 6.81. The minimum atomic E-state index is 0.370. The Hall–Kier alpha value is -0.820. The number of hydrogen-bond donors (Lipinski definition) is 0. The maximum absolute atomic E-state index is 5.30. The Morgan fingerprint density at radius 2 is 2.10 bits per heavy atom. The fraction of sp³-hybridized carbons (Fsp3) is 0.333. The summed E-state index contributed by atoms with van der Waals surface area (Å²) >= 11 is 0. The summed E-state index contributed by atoms with van der Waals surface area (Å²) in [6, 6.07) is 11.0. The van der Waals surface area contributed by atoms with E-state index in [0.717, 1.165) is 6.61 Å². The van der Waals surface area contributed by atoms with E-state index < -0.39 is 0 Å². The Labute approximate surface area is 60.6 Å². The summed E-state index contributed by atoms with van der Waals surface area (Å²) in [7, 11) is 0. The molecule has 0 aliphatic carbocycles. The molecule has 1 aromatic rings. The van der Waals surface area contributed by atoms with Crippen molar-refractivity contribution in [2.24, 2.45) is 0 Å². The van der Waals surface area contributed by atoms with Gasteiger partial charge in [0.15, 0.2) is 0 Å². The number of rotatable bonds is 1. The van der Waals surface area contributed by atoms with Gasteiger partial charge in [0, 0.05) is 6.42 Å². The molecule has 2 rings (SSSR count). The summed E-state index contributed by atoms with van der Waals surface area (Å²) < 4.78 is 5.30. The summed E-state index contributed by atoms with van der Waals surface area (Å²) in [4.78, 5) is 0. The molecule has 0 amide bonds. The molecule has 1 heterocycles. The van der Waals surface area contributed by atoms with E-state index in [0.29, 0.717) is 6.10 Å². The molecule has 0 saturated carbocycles. The maximum Gasteiger partial charge on any atom is 0.0846 e. The molecule has 1 aliphatic heterocycles. The minimum Gasteiger partial charge on any atom is -0.373 e. The lowest BCUT2D eigenvalue weighted by atomic mass is 10.0. The Balaban J connectivity index is 2.18. The first-order chi connectivity index (χ1) is 4.97. The molecule has 1 unspecified atom stereocenters. The van der Waals surface area contributed by atoms with Crippen molar-refractivity contribution in [1.29, 1.82) is 0 Å². The lowest BCUT2D eigenvalue weighted by Gasteiger charge is -2.26. The van der Waals surface area contributed by atoms with E-state index in [2.05, 4.69) is 18.2 Å². The van der Waals surface area contributed by atoms with Gasteiger partial charge in [0.05, 0.1) is 12.7 Å². The second-order valence-corrected chi connectivity index (χ2v) is 2.48. The molecule has 0 N–H and O–H groups in total. The van der Waals surface area contributed by atoms with Gasteiger partial charge in [-0.25, -0.2) is 0 Å². The van der Waals surface area contributed by atoms with E-state index in [1.165, 1.54) is 12.0 Å². The maximum atomic E-state index is 5.30. The van der Waals surface area contributed by atoms with Crippen molar-refractivity contribution >= 4 is 0 Å². The first-order valence-corrected chi connectivity index (χ1v) is 3.54. The molecular weight excluding hydrogens is 124 g/mol. The molecule has 1 fully saturated rings. The van der Waals surface area contributed by atoms with Crippen molar-refractivity contribution in [3.8, 4) is 0 Å². The topological polar surface area (TPSA) is 9.23 Å². The normalized spacial score (nSPS) is 23.8. The fourth-order valence-corrected chi connectivity index (χ4v) is 1.11. The predicted octanol–water partition coefficient (Wildman–Crippen LogP) is 1.95. The van der Waals surface area contributed by atoms with Gasteiger partial charge >= 0.3 is 0 Å². The van der Waals surface area contributed by atoms with Gasteiger partial charge in [-0.15, -0.1) is 0 Å². The number of benzene rings is 1. The van der Waals surface area contributed by atoms with E-state index in [4.69, 9.17) is 4.74 Å². The standard InChI is InChI=1S/C9H9O/c1-2-4-8(5-3-1)9-6-7-10-9/h2-5,9H,6-7H2. The van der Waals surface area contributed by atoms with Crippen molar-refractivity contribution in [3.05, 3.63) is 35.9 Å². The van der Waals surface area contributed by atoms with E-state index in [1.54, 1.807) is 0 Å². The van der Waals surface area contributed by atoms with Gasteiger partial charge in [-0.2, -0.15) is 0 Å². The largest absolute Gasteiger partial charge is 0.373 e. The van der Waals surface area contributed by atoms with Crippen LogP contribution >= 0.6 is 0 Å². The lowest BCUT2D eigenvalue weighted by molar-refractivity contribution is -0.0527. The van der Waals surface area contributed by atoms with Crippen LogP contribution in [0.15, 0.2) is 24.3 Å². The Morgan fingerprint density at radius 1 is 1.40 bits per heavy atom. The molecule has 1 aromatic carbocycles. The van der Waals surface area contributed by atoms with Gasteiger partial charge in [-0.1, -0.05) is 24.3 Å². The van der Waals surface area contributed by atoms with Crippen LogP contribution in [0.2, 0.25) is 0 Å². The van der Waals surface area contributed by atoms with E-state index in [1.807, 2.05) is 12.1 Å². The molecule has 1 radical (unpaired) electrons. The third kappa shape index (κ3) is 0.929. The van der Waals surface area contributed by atoms with Gasteiger partial charge in [-0.3, -0.25) is 0 Å². The average molecular weight is 133 g/mol. The lowest BCUT2D eigenvalue weighted by Crippen LogP contribution is -2.17.